The van der Waals surface area contributed by atoms with Crippen molar-refractivity contribution in [3.8, 4) is 17.1 Å². The Balaban J connectivity index is 1.70. The van der Waals surface area contributed by atoms with E-state index in [0.717, 1.165) is 5.56 Å². The zero-order chi connectivity index (χ0) is 18.1. The van der Waals surface area contributed by atoms with Gasteiger partial charge >= 0.3 is 0 Å². The highest BCUT2D eigenvalue weighted by Gasteiger charge is 2.30. The fourth-order valence-electron chi connectivity index (χ4n) is 3.21. The summed E-state index contributed by atoms with van der Waals surface area (Å²) < 4.78 is 38.4. The molecule has 0 amide bonds. The Hall–Kier alpha value is -2.64. The van der Waals surface area contributed by atoms with Crippen molar-refractivity contribution in [3.63, 3.8) is 0 Å². The molecule has 0 atom stereocenters. The minimum Gasteiger partial charge on any atom is -0.495 e. The molecule has 134 valence electrons. The van der Waals surface area contributed by atoms with Gasteiger partial charge in [0.05, 0.1) is 13.3 Å². The monoisotopic (exact) mass is 370 g/mol. The van der Waals surface area contributed by atoms with Crippen molar-refractivity contribution in [1.82, 2.24) is 9.46 Å². The maximum absolute atomic E-state index is 13.2. The molecule has 2 aromatic carbocycles. The highest BCUT2D eigenvalue weighted by molar-refractivity contribution is 7.89. The molecule has 2 heterocycles. The van der Waals surface area contributed by atoms with Gasteiger partial charge < -0.3 is 9.26 Å². The third-order valence-electron chi connectivity index (χ3n) is 4.60. The molecule has 1 aliphatic heterocycles. The van der Waals surface area contributed by atoms with Crippen molar-refractivity contribution in [2.75, 3.05) is 13.7 Å². The van der Waals surface area contributed by atoms with Crippen LogP contribution in [0.15, 0.2) is 64.1 Å². The van der Waals surface area contributed by atoms with Gasteiger partial charge in [-0.1, -0.05) is 29.4 Å². The first-order valence-corrected chi connectivity index (χ1v) is 9.69. The summed E-state index contributed by atoms with van der Waals surface area (Å²) in [7, 11) is -2.21. The van der Waals surface area contributed by atoms with E-state index in [1.807, 2.05) is 24.3 Å². The number of rotatable bonds is 4. The SMILES string of the molecule is COc1cc(-c2ccno2)ccc1S(=O)(=O)N1CCc2ccccc2C1. The normalized spacial score (nSPS) is 14.8. The van der Waals surface area contributed by atoms with Crippen LogP contribution in [-0.4, -0.2) is 31.5 Å². The maximum Gasteiger partial charge on any atom is 0.247 e. The molecule has 1 aliphatic rings. The fraction of sp³-hybridized carbons (Fsp3) is 0.211. The van der Waals surface area contributed by atoms with Gasteiger partial charge in [-0.2, -0.15) is 4.31 Å². The van der Waals surface area contributed by atoms with E-state index in [-0.39, 0.29) is 10.6 Å². The Morgan fingerprint density at radius 3 is 2.65 bits per heavy atom. The second kappa shape index (κ2) is 6.59. The summed E-state index contributed by atoms with van der Waals surface area (Å²) in [5.41, 5.74) is 2.95. The van der Waals surface area contributed by atoms with Crippen molar-refractivity contribution >= 4 is 10.0 Å². The molecule has 0 radical (unpaired) electrons. The molecule has 7 heteroatoms. The molecule has 0 unspecified atom stereocenters. The lowest BCUT2D eigenvalue weighted by molar-refractivity contribution is 0.377. The van der Waals surface area contributed by atoms with E-state index < -0.39 is 10.0 Å². The summed E-state index contributed by atoms with van der Waals surface area (Å²) in [6, 6.07) is 14.6. The van der Waals surface area contributed by atoms with Crippen molar-refractivity contribution in [2.24, 2.45) is 0 Å². The molecule has 1 aromatic heterocycles. The van der Waals surface area contributed by atoms with Crippen LogP contribution in [0, 0.1) is 0 Å². The molecular weight excluding hydrogens is 352 g/mol. The third kappa shape index (κ3) is 2.89. The van der Waals surface area contributed by atoms with Crippen LogP contribution in [0.1, 0.15) is 11.1 Å². The second-order valence-corrected chi connectivity index (χ2v) is 8.01. The Morgan fingerprint density at radius 2 is 1.92 bits per heavy atom. The maximum atomic E-state index is 13.2. The first-order valence-electron chi connectivity index (χ1n) is 8.25. The molecule has 0 spiro atoms. The summed E-state index contributed by atoms with van der Waals surface area (Å²) in [4.78, 5) is 0.155. The van der Waals surface area contributed by atoms with Gasteiger partial charge in [0.15, 0.2) is 5.76 Å². The van der Waals surface area contributed by atoms with Crippen LogP contribution in [-0.2, 0) is 23.0 Å². The topological polar surface area (TPSA) is 72.6 Å². The van der Waals surface area contributed by atoms with Gasteiger partial charge in [0, 0.05) is 24.7 Å². The van der Waals surface area contributed by atoms with E-state index in [9.17, 15) is 8.42 Å². The second-order valence-electron chi connectivity index (χ2n) is 6.10. The fourth-order valence-corrected chi connectivity index (χ4v) is 4.77. The quantitative estimate of drug-likeness (QED) is 0.706. The van der Waals surface area contributed by atoms with Gasteiger partial charge in [-0.15, -0.1) is 0 Å². The van der Waals surface area contributed by atoms with Gasteiger partial charge in [-0.25, -0.2) is 8.42 Å². The lowest BCUT2D eigenvalue weighted by atomic mass is 10.0. The molecular formula is C19H18N2O4S. The van der Waals surface area contributed by atoms with Crippen LogP contribution < -0.4 is 4.74 Å². The van der Waals surface area contributed by atoms with Gasteiger partial charge in [0.25, 0.3) is 0 Å². The predicted octanol–water partition coefficient (Wildman–Crippen LogP) is 3.10. The van der Waals surface area contributed by atoms with Gasteiger partial charge in [0.2, 0.25) is 10.0 Å². The van der Waals surface area contributed by atoms with Crippen molar-refractivity contribution in [2.45, 2.75) is 17.9 Å². The van der Waals surface area contributed by atoms with Crippen LogP contribution in [0.5, 0.6) is 5.75 Å². The molecule has 0 saturated carbocycles. The average Bonchev–Trinajstić information content (AvgIpc) is 3.22. The lowest BCUT2D eigenvalue weighted by Gasteiger charge is -2.28. The van der Waals surface area contributed by atoms with Crippen molar-refractivity contribution in [1.29, 1.82) is 0 Å². The number of ether oxygens (including phenoxy) is 1. The third-order valence-corrected chi connectivity index (χ3v) is 6.48. The molecule has 0 bridgehead atoms. The number of hydrogen-bond acceptors (Lipinski definition) is 5. The molecule has 3 aromatic rings. The molecule has 4 rings (SSSR count). The van der Waals surface area contributed by atoms with E-state index in [1.54, 1.807) is 24.3 Å². The smallest absolute Gasteiger partial charge is 0.247 e. The summed E-state index contributed by atoms with van der Waals surface area (Å²) in [5.74, 6) is 0.844. The van der Waals surface area contributed by atoms with E-state index in [0.29, 0.717) is 30.8 Å². The highest BCUT2D eigenvalue weighted by Crippen LogP contribution is 2.33. The summed E-state index contributed by atoms with van der Waals surface area (Å²) in [6.45, 7) is 0.817. The largest absolute Gasteiger partial charge is 0.495 e. The minimum absolute atomic E-state index is 0.155. The number of benzene rings is 2. The average molecular weight is 370 g/mol. The minimum atomic E-state index is -3.67. The van der Waals surface area contributed by atoms with Crippen LogP contribution in [0.3, 0.4) is 0 Å². The van der Waals surface area contributed by atoms with E-state index in [1.165, 1.54) is 23.2 Å². The molecule has 0 N–H and O–H groups in total. The lowest BCUT2D eigenvalue weighted by Crippen LogP contribution is -2.36. The number of fused-ring (bicyclic) bond motifs is 1. The summed E-state index contributed by atoms with van der Waals surface area (Å²) in [6.07, 6.45) is 2.24. The molecule has 0 fully saturated rings. The Kier molecular flexibility index (Phi) is 4.26. The Labute approximate surface area is 152 Å². The van der Waals surface area contributed by atoms with Crippen molar-refractivity contribution in [3.05, 3.63) is 65.9 Å². The van der Waals surface area contributed by atoms with E-state index in [2.05, 4.69) is 5.16 Å². The standard InChI is InChI=1S/C19H18N2O4S/c1-24-18-12-15(17-8-10-20-25-17)6-7-19(18)26(22,23)21-11-9-14-4-2-3-5-16(14)13-21/h2-8,10,12H,9,11,13H2,1H3. The van der Waals surface area contributed by atoms with Crippen LogP contribution in [0.2, 0.25) is 0 Å². The predicted molar refractivity (Wildman–Crippen MR) is 96.2 cm³/mol. The summed E-state index contributed by atoms with van der Waals surface area (Å²) >= 11 is 0. The van der Waals surface area contributed by atoms with E-state index >= 15 is 0 Å². The number of methoxy groups -OCH3 is 1. The number of sulfonamides is 1. The zero-order valence-electron chi connectivity index (χ0n) is 14.3. The highest BCUT2D eigenvalue weighted by atomic mass is 32.2. The zero-order valence-corrected chi connectivity index (χ0v) is 15.1. The van der Waals surface area contributed by atoms with Crippen LogP contribution >= 0.6 is 0 Å². The first-order chi connectivity index (χ1) is 12.6. The molecule has 6 nitrogen and oxygen atoms in total. The van der Waals surface area contributed by atoms with Crippen molar-refractivity contribution < 1.29 is 17.7 Å². The number of nitrogens with zero attached hydrogens (tertiary/aromatic N) is 2. The Morgan fingerprint density at radius 1 is 1.12 bits per heavy atom. The van der Waals surface area contributed by atoms with Gasteiger partial charge in [-0.05, 0) is 35.7 Å². The van der Waals surface area contributed by atoms with Crippen LogP contribution in [0.4, 0.5) is 0 Å². The van der Waals surface area contributed by atoms with E-state index in [4.69, 9.17) is 9.26 Å². The van der Waals surface area contributed by atoms with Crippen LogP contribution in [0.25, 0.3) is 11.3 Å². The first kappa shape index (κ1) is 16.8. The van der Waals surface area contributed by atoms with Gasteiger partial charge in [-0.3, -0.25) is 0 Å². The van der Waals surface area contributed by atoms with Gasteiger partial charge in [0.1, 0.15) is 10.6 Å². The number of hydrogen-bond donors (Lipinski definition) is 0. The number of aromatic nitrogens is 1. The molecule has 0 saturated heterocycles. The molecule has 0 aliphatic carbocycles. The Bertz CT molecular complexity index is 1030. The molecule has 26 heavy (non-hydrogen) atoms. The summed E-state index contributed by atoms with van der Waals surface area (Å²) in [5, 5.41) is 3.68.